The van der Waals surface area contributed by atoms with Gasteiger partial charge in [0, 0.05) is 137 Å². The number of likely N-dealkylation sites (tertiary alicyclic amines) is 3. The highest BCUT2D eigenvalue weighted by molar-refractivity contribution is 5.14. The van der Waals surface area contributed by atoms with E-state index in [1.165, 1.54) is 128 Å². The number of hydrogen-bond donors (Lipinski definition) is 3. The summed E-state index contributed by atoms with van der Waals surface area (Å²) in [5.74, 6) is 1.80. The zero-order valence-corrected chi connectivity index (χ0v) is 67.8. The molecule has 2 aromatic heterocycles. The van der Waals surface area contributed by atoms with Crippen molar-refractivity contribution in [2.75, 3.05) is 138 Å². The molecule has 0 amide bonds. The van der Waals surface area contributed by atoms with Gasteiger partial charge in [-0.1, -0.05) is 95.6 Å². The number of aryl methyl sites for hydroxylation is 1. The molecule has 0 spiro atoms. The number of likely N-dealkylation sites (N-methyl/N-ethyl adjacent to an activating group) is 1. The third kappa shape index (κ3) is 50.2. The Bertz CT molecular complexity index is 2090. The van der Waals surface area contributed by atoms with Crippen molar-refractivity contribution in [2.45, 2.75) is 298 Å². The fourth-order valence-electron chi connectivity index (χ4n) is 13.0. The van der Waals surface area contributed by atoms with Gasteiger partial charge in [0.05, 0.1) is 26.4 Å². The Morgan fingerprint density at radius 3 is 1.44 bits per heavy atom. The van der Waals surface area contributed by atoms with Crippen LogP contribution in [0.4, 0.5) is 0 Å². The van der Waals surface area contributed by atoms with Gasteiger partial charge in [-0.15, -0.1) is 0 Å². The van der Waals surface area contributed by atoms with Crippen LogP contribution in [0.15, 0.2) is 42.9 Å². The number of aromatic nitrogens is 2. The lowest BCUT2D eigenvalue weighted by Gasteiger charge is -2.44. The number of piperidine rings is 3. The molecule has 2 aromatic rings. The van der Waals surface area contributed by atoms with Crippen molar-refractivity contribution in [1.29, 1.82) is 0 Å². The van der Waals surface area contributed by atoms with Gasteiger partial charge >= 0.3 is 0 Å². The number of nitrogens with one attached hydrogen (secondary N) is 3. The highest BCUT2D eigenvalue weighted by atomic mass is 16.5. The Morgan fingerprint density at radius 2 is 1.03 bits per heavy atom. The maximum Gasteiger partial charge on any atom is 0.0594 e. The van der Waals surface area contributed by atoms with Crippen molar-refractivity contribution in [3.63, 3.8) is 0 Å². The zero-order valence-electron chi connectivity index (χ0n) is 67.8. The Labute approximate surface area is 585 Å². The quantitative estimate of drug-likeness (QED) is 0.140. The molecule has 94 heavy (non-hydrogen) atoms. The Hall–Kier alpha value is -2.14. The maximum absolute atomic E-state index is 5.38. The summed E-state index contributed by atoms with van der Waals surface area (Å²) >= 11 is 0. The van der Waals surface area contributed by atoms with Gasteiger partial charge in [0.25, 0.3) is 0 Å². The van der Waals surface area contributed by atoms with Gasteiger partial charge in [0.1, 0.15) is 0 Å². The third-order valence-electron chi connectivity index (χ3n) is 17.9. The molecule has 7 heterocycles. The number of rotatable bonds is 17. The van der Waals surface area contributed by atoms with Crippen LogP contribution >= 0.6 is 0 Å². The van der Waals surface area contributed by atoms with Crippen molar-refractivity contribution in [3.05, 3.63) is 59.7 Å². The molecule has 13 heteroatoms. The van der Waals surface area contributed by atoms with Gasteiger partial charge in [0.15, 0.2) is 0 Å². The van der Waals surface area contributed by atoms with E-state index >= 15 is 0 Å². The van der Waals surface area contributed by atoms with E-state index in [0.717, 1.165) is 115 Å². The van der Waals surface area contributed by atoms with Crippen molar-refractivity contribution < 1.29 is 9.47 Å². The first kappa shape index (κ1) is 89.9. The number of ether oxygens (including phenoxy) is 2. The molecular weight excluding hydrogens is 1160 g/mol. The monoisotopic (exact) mass is 1320 g/mol. The summed E-state index contributed by atoms with van der Waals surface area (Å²) in [6.45, 7) is 84.7. The van der Waals surface area contributed by atoms with E-state index in [2.05, 4.69) is 267 Å². The number of morpholine rings is 2. The molecule has 5 aliphatic rings. The van der Waals surface area contributed by atoms with Crippen LogP contribution in [0.25, 0.3) is 0 Å². The first-order valence-electron chi connectivity index (χ1n) is 37.9. The van der Waals surface area contributed by atoms with Crippen LogP contribution in [0.1, 0.15) is 261 Å². The predicted octanol–water partition coefficient (Wildman–Crippen LogP) is 16.4. The number of pyridine rings is 2. The SMILES string of the molecule is CC(C)(C)CC(C)(C)N1CCOCC1.CC(C)(C)CCCN1CCOCC1.CCN(Cc1ccncc1)C(C)(C)C.CN1CCCC[C@@H]1CNC(C)(C)C.C[C@@H]1CCCN(CCNC(C)(C)C)C1.C[C@H]1CCCN(CCNC(C)(C)C)C1.Cc1ccc(CC(C)(C)C)cn1. The van der Waals surface area contributed by atoms with Gasteiger partial charge in [0.2, 0.25) is 0 Å². The Balaban J connectivity index is 0.000000549. The smallest absolute Gasteiger partial charge is 0.0594 e. The molecule has 7 rings (SSSR count). The Kier molecular flexibility index (Phi) is 42.9. The molecule has 3 atom stereocenters. The van der Waals surface area contributed by atoms with Gasteiger partial charge in [-0.2, -0.15) is 0 Å². The maximum atomic E-state index is 5.38. The largest absolute Gasteiger partial charge is 0.379 e. The van der Waals surface area contributed by atoms with Gasteiger partial charge in [-0.05, 0) is 265 Å². The zero-order chi connectivity index (χ0) is 71.5. The van der Waals surface area contributed by atoms with E-state index < -0.39 is 0 Å². The molecule has 0 unspecified atom stereocenters. The van der Waals surface area contributed by atoms with Gasteiger partial charge < -0.3 is 40.1 Å². The average Bonchev–Trinajstić information content (AvgIpc) is 0.852. The van der Waals surface area contributed by atoms with E-state index in [0.29, 0.717) is 21.8 Å². The van der Waals surface area contributed by atoms with Crippen LogP contribution in [0.5, 0.6) is 0 Å². The fraction of sp³-hybridized carbons (Fsp3) is 0.877. The summed E-state index contributed by atoms with van der Waals surface area (Å²) in [5, 5.41) is 10.7. The minimum absolute atomic E-state index is 0.234. The summed E-state index contributed by atoms with van der Waals surface area (Å²) < 4.78 is 10.7. The van der Waals surface area contributed by atoms with Crippen LogP contribution in [0, 0.1) is 35.0 Å². The molecular formula is C81H161N11O2. The van der Waals surface area contributed by atoms with Gasteiger partial charge in [-0.25, -0.2) is 0 Å². The van der Waals surface area contributed by atoms with Crippen molar-refractivity contribution in [2.24, 2.45) is 28.1 Å². The van der Waals surface area contributed by atoms with Crippen LogP contribution in [-0.2, 0) is 22.4 Å². The van der Waals surface area contributed by atoms with Crippen LogP contribution in [-0.4, -0.2) is 211 Å². The highest BCUT2D eigenvalue weighted by Crippen LogP contribution is 2.32. The molecule has 5 saturated heterocycles. The number of hydrogen-bond acceptors (Lipinski definition) is 13. The lowest BCUT2D eigenvalue weighted by molar-refractivity contribution is -0.0229. The molecule has 13 nitrogen and oxygen atoms in total. The summed E-state index contributed by atoms with van der Waals surface area (Å²) in [4.78, 5) is 23.5. The molecule has 0 radical (unpaired) electrons. The first-order valence-corrected chi connectivity index (χ1v) is 37.9. The molecule has 5 aliphatic heterocycles. The van der Waals surface area contributed by atoms with Crippen LogP contribution in [0.2, 0.25) is 0 Å². The van der Waals surface area contributed by atoms with Gasteiger partial charge in [-0.3, -0.25) is 24.7 Å². The molecule has 0 bridgehead atoms. The van der Waals surface area contributed by atoms with E-state index in [9.17, 15) is 0 Å². The average molecular weight is 1320 g/mol. The molecule has 0 saturated carbocycles. The second kappa shape index (κ2) is 44.9. The summed E-state index contributed by atoms with van der Waals surface area (Å²) in [6, 6.07) is 9.14. The van der Waals surface area contributed by atoms with E-state index in [-0.39, 0.29) is 22.2 Å². The standard InChI is InChI=1S/2C12H26N2.C12H20N2.C12H25NO.C11H24N2.C11H23NO.C11H17N/c2*1-11-6-5-8-14(10-11)9-7-13-12(2,3)4;1-5-14(12(2,3)4)10-11-6-8-13-9-7-11;1-11(2,3)10-12(4,5)13-6-8-14-9-7-13;1-11(2,3)12-9-10-7-5-6-8-13(10)4;1-11(2,3)5-4-6-12-7-9-13-10-8-12;1-9-5-6-10(8-12-9)7-11(2,3)4/h2*11,13H,5-10H2,1-4H3;6-9H,5,10H2,1-4H3;6-10H2,1-5H3;10,12H,5-9H2,1-4H3;4-10H2,1-3H3;5-6,8H,7H2,1-4H3/t2*11-;;;10-;;/m10..1../s1. The summed E-state index contributed by atoms with van der Waals surface area (Å²) in [7, 11) is 2.24. The molecule has 552 valence electrons. The normalized spacial score (nSPS) is 20.5. The summed E-state index contributed by atoms with van der Waals surface area (Å²) in [6.07, 6.45) is 20.4. The topological polar surface area (TPSA) is 99.8 Å². The lowest BCUT2D eigenvalue weighted by atomic mass is 9.80. The van der Waals surface area contributed by atoms with Crippen molar-refractivity contribution >= 4 is 0 Å². The lowest BCUT2D eigenvalue weighted by Crippen LogP contribution is -2.51. The second-order valence-corrected chi connectivity index (χ2v) is 37.1. The van der Waals surface area contributed by atoms with E-state index in [4.69, 9.17) is 9.47 Å². The highest BCUT2D eigenvalue weighted by Gasteiger charge is 2.32. The number of nitrogens with zero attached hydrogens (tertiary/aromatic N) is 8. The minimum Gasteiger partial charge on any atom is -0.379 e. The van der Waals surface area contributed by atoms with Crippen molar-refractivity contribution in [1.82, 2.24) is 55.3 Å². The van der Waals surface area contributed by atoms with E-state index in [1.807, 2.05) is 25.5 Å². The Morgan fingerprint density at radius 1 is 0.532 bits per heavy atom. The second-order valence-electron chi connectivity index (χ2n) is 37.1. The summed E-state index contributed by atoms with van der Waals surface area (Å²) in [5.41, 5.74) is 6.34. The minimum atomic E-state index is 0.234. The molecule has 5 fully saturated rings. The molecule has 0 aliphatic carbocycles. The van der Waals surface area contributed by atoms with E-state index in [1.54, 1.807) is 0 Å². The fourth-order valence-corrected chi connectivity index (χ4v) is 13.0. The molecule has 3 N–H and O–H groups in total. The van der Waals surface area contributed by atoms with Crippen LogP contribution < -0.4 is 16.0 Å². The molecule has 0 aromatic carbocycles. The predicted molar refractivity (Wildman–Crippen MR) is 412 cm³/mol. The first-order chi connectivity index (χ1) is 43.3. The van der Waals surface area contributed by atoms with Crippen molar-refractivity contribution in [3.8, 4) is 0 Å². The van der Waals surface area contributed by atoms with Crippen LogP contribution in [0.3, 0.4) is 0 Å². The third-order valence-corrected chi connectivity index (χ3v) is 17.9.